The van der Waals surface area contributed by atoms with Gasteiger partial charge in [0.2, 0.25) is 0 Å². The van der Waals surface area contributed by atoms with Gasteiger partial charge in [-0.15, -0.1) is 0 Å². The van der Waals surface area contributed by atoms with Crippen molar-refractivity contribution in [1.82, 2.24) is 4.90 Å². The van der Waals surface area contributed by atoms with E-state index in [-0.39, 0.29) is 6.04 Å². The molecule has 1 aromatic carbocycles. The third-order valence-electron chi connectivity index (χ3n) is 4.21. The number of halogens is 1. The molecule has 1 fully saturated rings. The number of hydrogen-bond acceptors (Lipinski definition) is 3. The number of hydrogen-bond donors (Lipinski definition) is 1. The van der Waals surface area contributed by atoms with E-state index >= 15 is 0 Å². The van der Waals surface area contributed by atoms with Crippen LogP contribution in [0.5, 0.6) is 0 Å². The highest BCUT2D eigenvalue weighted by Gasteiger charge is 2.26. The number of ether oxygens (including phenoxy) is 1. The van der Waals surface area contributed by atoms with Crippen LogP contribution in [-0.2, 0) is 4.74 Å². The van der Waals surface area contributed by atoms with Crippen LogP contribution in [0.1, 0.15) is 43.4 Å². The Hall–Kier alpha value is -0.420. The van der Waals surface area contributed by atoms with Gasteiger partial charge in [-0.05, 0) is 49.9 Å². The van der Waals surface area contributed by atoms with Crippen molar-refractivity contribution in [1.29, 1.82) is 0 Å². The monoisotopic (exact) mass is 354 g/mol. The van der Waals surface area contributed by atoms with Crippen LogP contribution in [0.4, 0.5) is 0 Å². The number of nitrogens with zero attached hydrogens (tertiary/aromatic N) is 1. The van der Waals surface area contributed by atoms with Gasteiger partial charge in [0.15, 0.2) is 0 Å². The summed E-state index contributed by atoms with van der Waals surface area (Å²) in [6.07, 6.45) is 3.81. The third kappa shape index (κ3) is 4.52. The normalized spacial score (nSPS) is 21.4. The minimum Gasteiger partial charge on any atom is -0.377 e. The highest BCUT2D eigenvalue weighted by molar-refractivity contribution is 9.10. The Bertz CT molecular complexity index is 452. The second-order valence-electron chi connectivity index (χ2n) is 5.89. The van der Waals surface area contributed by atoms with Crippen LogP contribution < -0.4 is 5.73 Å². The van der Waals surface area contributed by atoms with E-state index in [1.807, 2.05) is 0 Å². The van der Waals surface area contributed by atoms with Gasteiger partial charge in [-0.3, -0.25) is 4.90 Å². The Morgan fingerprint density at radius 2 is 2.29 bits per heavy atom. The molecule has 2 unspecified atom stereocenters. The average Bonchev–Trinajstić information content (AvgIpc) is 2.50. The molecule has 1 aliphatic rings. The van der Waals surface area contributed by atoms with Gasteiger partial charge in [0.1, 0.15) is 0 Å². The van der Waals surface area contributed by atoms with Crippen LogP contribution in [0.25, 0.3) is 0 Å². The quantitative estimate of drug-likeness (QED) is 0.847. The van der Waals surface area contributed by atoms with E-state index in [1.54, 1.807) is 0 Å². The van der Waals surface area contributed by atoms with Crippen LogP contribution in [0.2, 0.25) is 0 Å². The molecule has 1 aliphatic heterocycles. The molecule has 21 heavy (non-hydrogen) atoms. The zero-order chi connectivity index (χ0) is 15.2. The zero-order valence-electron chi connectivity index (χ0n) is 13.1. The Labute approximate surface area is 137 Å². The van der Waals surface area contributed by atoms with Crippen molar-refractivity contribution in [3.05, 3.63) is 33.8 Å². The lowest BCUT2D eigenvalue weighted by Gasteiger charge is -2.38. The van der Waals surface area contributed by atoms with E-state index in [1.165, 1.54) is 24.0 Å². The molecule has 0 aromatic heterocycles. The van der Waals surface area contributed by atoms with Crippen molar-refractivity contribution < 1.29 is 4.74 Å². The van der Waals surface area contributed by atoms with Gasteiger partial charge in [-0.25, -0.2) is 0 Å². The fourth-order valence-electron chi connectivity index (χ4n) is 2.98. The lowest BCUT2D eigenvalue weighted by Crippen LogP contribution is -2.44. The van der Waals surface area contributed by atoms with Crippen LogP contribution in [0.3, 0.4) is 0 Å². The fourth-order valence-corrected chi connectivity index (χ4v) is 3.38. The maximum atomic E-state index is 6.07. The minimum absolute atomic E-state index is 0.287. The van der Waals surface area contributed by atoms with Gasteiger partial charge in [0.25, 0.3) is 0 Å². The number of likely N-dealkylation sites (tertiary alicyclic amines) is 1. The molecule has 3 nitrogen and oxygen atoms in total. The molecule has 0 spiro atoms. The molecule has 1 saturated heterocycles. The van der Waals surface area contributed by atoms with E-state index in [9.17, 15) is 0 Å². The lowest BCUT2D eigenvalue weighted by molar-refractivity contribution is -0.0118. The molecule has 0 amide bonds. The van der Waals surface area contributed by atoms with Gasteiger partial charge in [0, 0.05) is 30.2 Å². The van der Waals surface area contributed by atoms with E-state index in [0.29, 0.717) is 12.6 Å². The minimum atomic E-state index is 0.287. The Morgan fingerprint density at radius 1 is 1.48 bits per heavy atom. The second kappa shape index (κ2) is 8.28. The molecule has 2 rings (SSSR count). The van der Waals surface area contributed by atoms with Crippen molar-refractivity contribution in [3.8, 4) is 0 Å². The maximum absolute atomic E-state index is 6.07. The first kappa shape index (κ1) is 16.9. The molecular formula is C17H27BrN2O. The number of nitrogens with two attached hydrogens (primary N) is 1. The first-order valence-electron chi connectivity index (χ1n) is 7.97. The standard InChI is InChI=1S/C17H27BrN2O/c1-3-9-21-15-5-4-8-20(12-15)17(11-19)14-7-6-13(2)16(18)10-14/h6-7,10,15,17H,3-5,8-9,11-12,19H2,1-2H3. The highest BCUT2D eigenvalue weighted by Crippen LogP contribution is 2.28. The first-order valence-corrected chi connectivity index (χ1v) is 8.76. The van der Waals surface area contributed by atoms with Crippen LogP contribution in [0, 0.1) is 6.92 Å². The van der Waals surface area contributed by atoms with Crippen molar-refractivity contribution >= 4 is 15.9 Å². The molecule has 0 aliphatic carbocycles. The van der Waals surface area contributed by atoms with Crippen molar-refractivity contribution in [3.63, 3.8) is 0 Å². The SMILES string of the molecule is CCCOC1CCCN(C(CN)c2ccc(C)c(Br)c2)C1. The fraction of sp³-hybridized carbons (Fsp3) is 0.647. The van der Waals surface area contributed by atoms with E-state index < -0.39 is 0 Å². The number of piperidine rings is 1. The number of rotatable bonds is 6. The van der Waals surface area contributed by atoms with E-state index in [4.69, 9.17) is 10.5 Å². The second-order valence-corrected chi connectivity index (χ2v) is 6.74. The summed E-state index contributed by atoms with van der Waals surface area (Å²) in [4.78, 5) is 2.49. The Morgan fingerprint density at radius 3 is 2.95 bits per heavy atom. The topological polar surface area (TPSA) is 38.5 Å². The van der Waals surface area contributed by atoms with Gasteiger partial charge < -0.3 is 10.5 Å². The summed E-state index contributed by atoms with van der Waals surface area (Å²) in [5.41, 5.74) is 8.63. The molecule has 1 aromatic rings. The molecule has 118 valence electrons. The summed E-state index contributed by atoms with van der Waals surface area (Å²) in [6, 6.07) is 6.86. The van der Waals surface area contributed by atoms with Crippen LogP contribution in [-0.4, -0.2) is 37.2 Å². The van der Waals surface area contributed by atoms with Gasteiger partial charge >= 0.3 is 0 Å². The van der Waals surface area contributed by atoms with E-state index in [0.717, 1.165) is 30.6 Å². The smallest absolute Gasteiger partial charge is 0.0702 e. The Balaban J connectivity index is 2.07. The van der Waals surface area contributed by atoms with E-state index in [2.05, 4.69) is 52.9 Å². The summed E-state index contributed by atoms with van der Waals surface area (Å²) in [5, 5.41) is 0. The largest absolute Gasteiger partial charge is 0.377 e. The lowest BCUT2D eigenvalue weighted by atomic mass is 9.99. The zero-order valence-corrected chi connectivity index (χ0v) is 14.7. The third-order valence-corrected chi connectivity index (χ3v) is 5.07. The molecule has 1 heterocycles. The van der Waals surface area contributed by atoms with Crippen molar-refractivity contribution in [2.45, 2.75) is 45.3 Å². The average molecular weight is 355 g/mol. The summed E-state index contributed by atoms with van der Waals surface area (Å²) >= 11 is 3.63. The molecule has 4 heteroatoms. The van der Waals surface area contributed by atoms with Crippen molar-refractivity contribution in [2.75, 3.05) is 26.2 Å². The number of benzene rings is 1. The van der Waals surface area contributed by atoms with Gasteiger partial charge in [-0.2, -0.15) is 0 Å². The molecular weight excluding hydrogens is 328 g/mol. The predicted octanol–water partition coefficient (Wildman–Crippen LogP) is 3.65. The molecule has 0 bridgehead atoms. The summed E-state index contributed by atoms with van der Waals surface area (Å²) in [6.45, 7) is 7.89. The summed E-state index contributed by atoms with van der Waals surface area (Å²) in [5.74, 6) is 0. The first-order chi connectivity index (χ1) is 10.2. The highest BCUT2D eigenvalue weighted by atomic mass is 79.9. The molecule has 2 N–H and O–H groups in total. The summed E-state index contributed by atoms with van der Waals surface area (Å²) < 4.78 is 7.11. The van der Waals surface area contributed by atoms with Gasteiger partial charge in [-0.1, -0.05) is 35.0 Å². The Kier molecular flexibility index (Phi) is 6.68. The van der Waals surface area contributed by atoms with Crippen LogP contribution in [0.15, 0.2) is 22.7 Å². The van der Waals surface area contributed by atoms with Gasteiger partial charge in [0.05, 0.1) is 6.10 Å². The molecule has 0 radical (unpaired) electrons. The van der Waals surface area contributed by atoms with Crippen molar-refractivity contribution in [2.24, 2.45) is 5.73 Å². The predicted molar refractivity (Wildman–Crippen MR) is 91.5 cm³/mol. The van der Waals surface area contributed by atoms with Crippen LogP contribution >= 0.6 is 15.9 Å². The molecule has 2 atom stereocenters. The maximum Gasteiger partial charge on any atom is 0.0702 e. The number of aryl methyl sites for hydroxylation is 1. The summed E-state index contributed by atoms with van der Waals surface area (Å²) in [7, 11) is 0. The molecule has 0 saturated carbocycles.